The molecule has 2 aliphatic heterocycles. The first-order valence-electron chi connectivity index (χ1n) is 9.27. The molecule has 0 radical (unpaired) electrons. The molecule has 2 aliphatic rings. The first kappa shape index (κ1) is 19.2. The standard InChI is InChI=1S/C19H27N3O3S/c23-18(20-8-4-5-9-21-10-12-25-13-11-21)17-14-26-15-22(17)19(24)16-6-2-1-3-7-16/h1-3,6-7,17H,4-5,8-15H2,(H,20,23). The van der Waals surface area contributed by atoms with Gasteiger partial charge in [-0.15, -0.1) is 11.8 Å². The molecule has 2 fully saturated rings. The minimum atomic E-state index is -0.369. The number of carbonyl (C=O) groups is 2. The highest BCUT2D eigenvalue weighted by molar-refractivity contribution is 7.99. The van der Waals surface area contributed by atoms with Crippen molar-refractivity contribution in [3.05, 3.63) is 35.9 Å². The third-order valence-corrected chi connectivity index (χ3v) is 5.78. The summed E-state index contributed by atoms with van der Waals surface area (Å²) >= 11 is 1.63. The van der Waals surface area contributed by atoms with E-state index in [1.54, 1.807) is 28.8 Å². The lowest BCUT2D eigenvalue weighted by atomic mass is 10.1. The van der Waals surface area contributed by atoms with E-state index in [1.807, 2.05) is 18.2 Å². The van der Waals surface area contributed by atoms with Crippen molar-refractivity contribution in [1.82, 2.24) is 15.1 Å². The molecule has 1 N–H and O–H groups in total. The molecular formula is C19H27N3O3S. The van der Waals surface area contributed by atoms with E-state index in [9.17, 15) is 9.59 Å². The summed E-state index contributed by atoms with van der Waals surface area (Å²) in [5, 5.41) is 3.01. The van der Waals surface area contributed by atoms with Crippen molar-refractivity contribution in [2.24, 2.45) is 0 Å². The van der Waals surface area contributed by atoms with Gasteiger partial charge in [0.15, 0.2) is 0 Å². The topological polar surface area (TPSA) is 61.9 Å². The number of nitrogens with one attached hydrogen (secondary N) is 1. The lowest BCUT2D eigenvalue weighted by Gasteiger charge is -2.26. The van der Waals surface area contributed by atoms with Gasteiger partial charge in [-0.3, -0.25) is 14.5 Å². The van der Waals surface area contributed by atoms with Gasteiger partial charge in [-0.05, 0) is 31.5 Å². The van der Waals surface area contributed by atoms with Gasteiger partial charge in [0.1, 0.15) is 6.04 Å². The van der Waals surface area contributed by atoms with Crippen LogP contribution in [0.3, 0.4) is 0 Å². The lowest BCUT2D eigenvalue weighted by Crippen LogP contribution is -2.47. The highest BCUT2D eigenvalue weighted by Gasteiger charge is 2.34. The lowest BCUT2D eigenvalue weighted by molar-refractivity contribution is -0.124. The number of hydrogen-bond acceptors (Lipinski definition) is 5. The first-order chi connectivity index (χ1) is 12.8. The summed E-state index contributed by atoms with van der Waals surface area (Å²) in [5.74, 6) is 1.13. The number of amides is 2. The zero-order valence-electron chi connectivity index (χ0n) is 15.1. The van der Waals surface area contributed by atoms with Gasteiger partial charge in [0.05, 0.1) is 19.1 Å². The maximum absolute atomic E-state index is 12.6. The van der Waals surface area contributed by atoms with Gasteiger partial charge >= 0.3 is 0 Å². The second-order valence-corrected chi connectivity index (χ2v) is 7.61. The number of ether oxygens (including phenoxy) is 1. The van der Waals surface area contributed by atoms with Crippen LogP contribution in [0.4, 0.5) is 0 Å². The molecule has 1 aromatic rings. The van der Waals surface area contributed by atoms with Crippen molar-refractivity contribution in [3.63, 3.8) is 0 Å². The molecule has 7 heteroatoms. The number of hydrogen-bond donors (Lipinski definition) is 1. The number of carbonyl (C=O) groups excluding carboxylic acids is 2. The molecule has 3 rings (SSSR count). The molecule has 0 spiro atoms. The van der Waals surface area contributed by atoms with Crippen LogP contribution in [-0.4, -0.2) is 78.7 Å². The number of rotatable bonds is 7. The average molecular weight is 378 g/mol. The van der Waals surface area contributed by atoms with Crippen LogP contribution in [0.15, 0.2) is 30.3 Å². The second kappa shape index (κ2) is 9.94. The highest BCUT2D eigenvalue weighted by atomic mass is 32.2. The van der Waals surface area contributed by atoms with Gasteiger partial charge in [-0.2, -0.15) is 0 Å². The van der Waals surface area contributed by atoms with Crippen LogP contribution < -0.4 is 5.32 Å². The molecule has 142 valence electrons. The summed E-state index contributed by atoms with van der Waals surface area (Å²) in [5.41, 5.74) is 0.637. The van der Waals surface area contributed by atoms with Crippen molar-refractivity contribution in [3.8, 4) is 0 Å². The molecule has 0 aromatic heterocycles. The molecule has 0 saturated carbocycles. The van der Waals surface area contributed by atoms with Crippen molar-refractivity contribution < 1.29 is 14.3 Å². The highest BCUT2D eigenvalue weighted by Crippen LogP contribution is 2.23. The molecule has 1 atom stereocenters. The Kier molecular flexibility index (Phi) is 7.34. The van der Waals surface area contributed by atoms with E-state index in [-0.39, 0.29) is 17.9 Å². The van der Waals surface area contributed by atoms with E-state index < -0.39 is 0 Å². The molecule has 6 nitrogen and oxygen atoms in total. The summed E-state index contributed by atoms with van der Waals surface area (Å²) in [7, 11) is 0. The number of benzene rings is 1. The Morgan fingerprint density at radius 2 is 1.92 bits per heavy atom. The van der Waals surface area contributed by atoms with Crippen molar-refractivity contribution >= 4 is 23.6 Å². The zero-order chi connectivity index (χ0) is 18.2. The van der Waals surface area contributed by atoms with E-state index >= 15 is 0 Å². The summed E-state index contributed by atoms with van der Waals surface area (Å²) in [4.78, 5) is 29.2. The van der Waals surface area contributed by atoms with E-state index in [0.717, 1.165) is 45.7 Å². The van der Waals surface area contributed by atoms with E-state index in [0.29, 0.717) is 23.7 Å². The molecule has 2 amide bonds. The average Bonchev–Trinajstić information content (AvgIpc) is 3.18. The Morgan fingerprint density at radius 3 is 2.69 bits per heavy atom. The molecule has 0 aliphatic carbocycles. The Hall–Kier alpha value is -1.57. The Balaban J connectivity index is 1.40. The Morgan fingerprint density at radius 1 is 1.15 bits per heavy atom. The van der Waals surface area contributed by atoms with Gasteiger partial charge in [0.2, 0.25) is 5.91 Å². The first-order valence-corrected chi connectivity index (χ1v) is 10.4. The predicted molar refractivity (Wildman–Crippen MR) is 103 cm³/mol. The zero-order valence-corrected chi connectivity index (χ0v) is 15.9. The van der Waals surface area contributed by atoms with Gasteiger partial charge in [-0.25, -0.2) is 0 Å². The van der Waals surface area contributed by atoms with Crippen LogP contribution in [0.25, 0.3) is 0 Å². The van der Waals surface area contributed by atoms with Crippen LogP contribution in [0.1, 0.15) is 23.2 Å². The monoisotopic (exact) mass is 377 g/mol. The van der Waals surface area contributed by atoms with Crippen LogP contribution >= 0.6 is 11.8 Å². The summed E-state index contributed by atoms with van der Waals surface area (Å²) in [6.45, 7) is 5.36. The Labute approximate surface area is 159 Å². The second-order valence-electron chi connectivity index (χ2n) is 6.61. The Bertz CT molecular complexity index is 593. The minimum absolute atomic E-state index is 0.0364. The van der Waals surface area contributed by atoms with Crippen molar-refractivity contribution in [1.29, 1.82) is 0 Å². The van der Waals surface area contributed by atoms with E-state index in [4.69, 9.17) is 4.74 Å². The fourth-order valence-electron chi connectivity index (χ4n) is 3.22. The summed E-state index contributed by atoms with van der Waals surface area (Å²) < 4.78 is 5.34. The molecule has 0 bridgehead atoms. The van der Waals surface area contributed by atoms with Gasteiger partial charge in [0.25, 0.3) is 5.91 Å². The van der Waals surface area contributed by atoms with Crippen LogP contribution in [0, 0.1) is 0 Å². The molecule has 2 heterocycles. The van der Waals surface area contributed by atoms with E-state index in [1.165, 1.54) is 0 Å². The summed E-state index contributed by atoms with van der Waals surface area (Å²) in [6, 6.07) is 8.81. The number of thioether (sulfide) groups is 1. The maximum atomic E-state index is 12.6. The van der Waals surface area contributed by atoms with Crippen LogP contribution in [-0.2, 0) is 9.53 Å². The fraction of sp³-hybridized carbons (Fsp3) is 0.579. The quantitative estimate of drug-likeness (QED) is 0.729. The number of nitrogens with zero attached hydrogens (tertiary/aromatic N) is 2. The minimum Gasteiger partial charge on any atom is -0.379 e. The molecule has 1 aromatic carbocycles. The normalized spacial score (nSPS) is 20.9. The van der Waals surface area contributed by atoms with Gasteiger partial charge in [0, 0.05) is 31.0 Å². The van der Waals surface area contributed by atoms with Crippen molar-refractivity contribution in [2.75, 3.05) is 51.0 Å². The van der Waals surface area contributed by atoms with Crippen LogP contribution in [0.5, 0.6) is 0 Å². The number of unbranched alkanes of at least 4 members (excludes halogenated alkanes) is 1. The molecule has 2 saturated heterocycles. The molecule has 26 heavy (non-hydrogen) atoms. The van der Waals surface area contributed by atoms with Crippen molar-refractivity contribution in [2.45, 2.75) is 18.9 Å². The van der Waals surface area contributed by atoms with E-state index in [2.05, 4.69) is 10.2 Å². The fourth-order valence-corrected chi connectivity index (χ4v) is 4.38. The molecule has 1 unspecified atom stereocenters. The predicted octanol–water partition coefficient (Wildman–Crippen LogP) is 1.43. The van der Waals surface area contributed by atoms with Gasteiger partial charge < -0.3 is 15.0 Å². The third kappa shape index (κ3) is 5.22. The third-order valence-electron chi connectivity index (χ3n) is 4.77. The SMILES string of the molecule is O=C(NCCCCN1CCOCC1)C1CSCN1C(=O)c1ccccc1. The van der Waals surface area contributed by atoms with Gasteiger partial charge in [-0.1, -0.05) is 18.2 Å². The maximum Gasteiger partial charge on any atom is 0.255 e. The molecular weight excluding hydrogens is 350 g/mol. The summed E-state index contributed by atoms with van der Waals surface area (Å²) in [6.07, 6.45) is 2.02. The smallest absolute Gasteiger partial charge is 0.255 e. The number of morpholine rings is 1. The largest absolute Gasteiger partial charge is 0.379 e. The van der Waals surface area contributed by atoms with Crippen LogP contribution in [0.2, 0.25) is 0 Å².